The molecule has 2 aromatic heterocycles. The van der Waals surface area contributed by atoms with E-state index < -0.39 is 5.97 Å². The summed E-state index contributed by atoms with van der Waals surface area (Å²) in [5.74, 6) is -0.935. The van der Waals surface area contributed by atoms with Crippen molar-refractivity contribution in [2.75, 3.05) is 0 Å². The van der Waals surface area contributed by atoms with Gasteiger partial charge in [0.15, 0.2) is 0 Å². The highest BCUT2D eigenvalue weighted by Crippen LogP contribution is 2.08. The van der Waals surface area contributed by atoms with Gasteiger partial charge in [-0.2, -0.15) is 5.10 Å². The third-order valence-corrected chi connectivity index (χ3v) is 2.67. The van der Waals surface area contributed by atoms with Gasteiger partial charge in [0.05, 0.1) is 6.20 Å². The van der Waals surface area contributed by atoms with Gasteiger partial charge >= 0.3 is 5.97 Å². The summed E-state index contributed by atoms with van der Waals surface area (Å²) < 4.78 is 1.70. The molecule has 5 nitrogen and oxygen atoms in total. The zero-order valence-electron chi connectivity index (χ0n) is 9.50. The Morgan fingerprint density at radius 1 is 1.47 bits per heavy atom. The lowest BCUT2D eigenvalue weighted by atomic mass is 10.2. The van der Waals surface area contributed by atoms with Crippen molar-refractivity contribution < 1.29 is 9.90 Å². The van der Waals surface area contributed by atoms with Gasteiger partial charge < -0.3 is 5.11 Å². The number of hydrogen-bond donors (Lipinski definition) is 1. The molecule has 2 rings (SSSR count). The maximum Gasteiger partial charge on any atom is 0.339 e. The molecule has 0 radical (unpaired) electrons. The van der Waals surface area contributed by atoms with Crippen LogP contribution in [0.4, 0.5) is 0 Å². The summed E-state index contributed by atoms with van der Waals surface area (Å²) >= 11 is 0. The van der Waals surface area contributed by atoms with Crippen molar-refractivity contribution in [1.82, 2.24) is 14.8 Å². The second-order valence-electron chi connectivity index (χ2n) is 3.78. The Balaban J connectivity index is 2.07. The molecule has 0 aromatic carbocycles. The molecule has 0 unspecified atom stereocenters. The summed E-state index contributed by atoms with van der Waals surface area (Å²) in [5, 5.41) is 13.0. The lowest BCUT2D eigenvalue weighted by Gasteiger charge is -2.04. The number of rotatable bonds is 4. The predicted molar refractivity (Wildman–Crippen MR) is 61.9 cm³/mol. The first-order valence-corrected chi connectivity index (χ1v) is 5.33. The topological polar surface area (TPSA) is 68.0 Å². The molecule has 88 valence electrons. The Bertz CT molecular complexity index is 520. The lowest BCUT2D eigenvalue weighted by molar-refractivity contribution is 0.0696. The van der Waals surface area contributed by atoms with Crippen molar-refractivity contribution in [3.05, 3.63) is 47.5 Å². The zero-order chi connectivity index (χ0) is 12.3. The van der Waals surface area contributed by atoms with Crippen molar-refractivity contribution in [3.63, 3.8) is 0 Å². The number of aryl methyl sites for hydroxylation is 2. The molecule has 0 saturated heterocycles. The summed E-state index contributed by atoms with van der Waals surface area (Å²) in [6, 6.07) is 3.87. The minimum Gasteiger partial charge on any atom is -0.478 e. The smallest absolute Gasteiger partial charge is 0.339 e. The van der Waals surface area contributed by atoms with Crippen molar-refractivity contribution in [1.29, 1.82) is 0 Å². The van der Waals surface area contributed by atoms with Crippen LogP contribution in [0.25, 0.3) is 0 Å². The van der Waals surface area contributed by atoms with Gasteiger partial charge in [0, 0.05) is 24.6 Å². The number of pyridine rings is 1. The predicted octanol–water partition coefficient (Wildman–Crippen LogP) is 1.53. The van der Waals surface area contributed by atoms with E-state index in [0.717, 1.165) is 12.0 Å². The summed E-state index contributed by atoms with van der Waals surface area (Å²) in [6.45, 7) is 2.42. The molecule has 0 fully saturated rings. The van der Waals surface area contributed by atoms with Crippen molar-refractivity contribution in [2.24, 2.45) is 0 Å². The fraction of sp³-hybridized carbons (Fsp3) is 0.250. The Labute approximate surface area is 98.7 Å². The maximum absolute atomic E-state index is 10.8. The van der Waals surface area contributed by atoms with Gasteiger partial charge in [0.2, 0.25) is 0 Å². The summed E-state index contributed by atoms with van der Waals surface area (Å²) in [6.07, 6.45) is 5.71. The highest BCUT2D eigenvalue weighted by Gasteiger charge is 2.12. The summed E-state index contributed by atoms with van der Waals surface area (Å²) in [7, 11) is 0. The zero-order valence-corrected chi connectivity index (χ0v) is 9.50. The van der Waals surface area contributed by atoms with E-state index in [1.54, 1.807) is 24.0 Å². The molecule has 0 atom stereocenters. The van der Waals surface area contributed by atoms with Gasteiger partial charge in [-0.15, -0.1) is 0 Å². The maximum atomic E-state index is 10.8. The monoisotopic (exact) mass is 231 g/mol. The molecule has 1 N–H and O–H groups in total. The van der Waals surface area contributed by atoms with Gasteiger partial charge in [-0.25, -0.2) is 4.79 Å². The van der Waals surface area contributed by atoms with E-state index in [2.05, 4.69) is 10.1 Å². The molecule has 0 bridgehead atoms. The van der Waals surface area contributed by atoms with E-state index in [1.807, 2.05) is 12.1 Å². The van der Waals surface area contributed by atoms with Gasteiger partial charge in [-0.3, -0.25) is 9.67 Å². The number of aromatic nitrogens is 3. The second kappa shape index (κ2) is 4.78. The first-order valence-electron chi connectivity index (χ1n) is 5.33. The molecule has 0 spiro atoms. The van der Waals surface area contributed by atoms with E-state index in [-0.39, 0.29) is 5.56 Å². The number of carbonyl (C=O) groups is 1. The van der Waals surface area contributed by atoms with Crippen LogP contribution >= 0.6 is 0 Å². The molecule has 2 aromatic rings. The molecule has 5 heteroatoms. The highest BCUT2D eigenvalue weighted by atomic mass is 16.4. The van der Waals surface area contributed by atoms with E-state index in [9.17, 15) is 4.79 Å². The van der Waals surface area contributed by atoms with Gasteiger partial charge in [0.1, 0.15) is 5.56 Å². The van der Waals surface area contributed by atoms with Crippen molar-refractivity contribution in [3.8, 4) is 0 Å². The van der Waals surface area contributed by atoms with E-state index in [1.165, 1.54) is 6.20 Å². The number of aromatic carboxylic acids is 1. The molecule has 2 heterocycles. The molecule has 0 aliphatic rings. The van der Waals surface area contributed by atoms with Gasteiger partial charge in [0.25, 0.3) is 0 Å². The minimum absolute atomic E-state index is 0.260. The van der Waals surface area contributed by atoms with E-state index in [0.29, 0.717) is 12.2 Å². The van der Waals surface area contributed by atoms with Crippen LogP contribution in [0.3, 0.4) is 0 Å². The largest absolute Gasteiger partial charge is 0.478 e. The Morgan fingerprint density at radius 2 is 2.29 bits per heavy atom. The molecular weight excluding hydrogens is 218 g/mol. The Morgan fingerprint density at radius 3 is 2.88 bits per heavy atom. The van der Waals surface area contributed by atoms with Crippen LogP contribution in [0.1, 0.15) is 21.6 Å². The van der Waals surface area contributed by atoms with Crippen LogP contribution in [-0.4, -0.2) is 25.8 Å². The highest BCUT2D eigenvalue weighted by molar-refractivity contribution is 5.88. The van der Waals surface area contributed by atoms with Gasteiger partial charge in [-0.1, -0.05) is 6.07 Å². The van der Waals surface area contributed by atoms with Crippen LogP contribution in [0, 0.1) is 6.92 Å². The van der Waals surface area contributed by atoms with Crippen molar-refractivity contribution in [2.45, 2.75) is 19.9 Å². The summed E-state index contributed by atoms with van der Waals surface area (Å²) in [5.41, 5.74) is 2.05. The first kappa shape index (κ1) is 11.3. The Kier molecular flexibility index (Phi) is 3.18. The average molecular weight is 231 g/mol. The molecule has 0 amide bonds. The molecule has 17 heavy (non-hydrogen) atoms. The molecule has 0 aliphatic heterocycles. The first-order chi connectivity index (χ1) is 8.18. The van der Waals surface area contributed by atoms with Crippen LogP contribution in [0.5, 0.6) is 0 Å². The van der Waals surface area contributed by atoms with Crippen LogP contribution in [-0.2, 0) is 13.0 Å². The van der Waals surface area contributed by atoms with Crippen molar-refractivity contribution >= 4 is 5.97 Å². The van der Waals surface area contributed by atoms with Crippen LogP contribution < -0.4 is 0 Å². The molecule has 0 saturated carbocycles. The van der Waals surface area contributed by atoms with E-state index in [4.69, 9.17) is 5.11 Å². The van der Waals surface area contributed by atoms with Crippen LogP contribution in [0.2, 0.25) is 0 Å². The fourth-order valence-electron chi connectivity index (χ4n) is 1.66. The van der Waals surface area contributed by atoms with Crippen LogP contribution in [0.15, 0.2) is 30.7 Å². The number of carboxylic acids is 1. The molecular formula is C12H13N3O2. The SMILES string of the molecule is Cc1c(C(=O)O)cnn1CCc1cccnc1. The molecule has 0 aliphatic carbocycles. The normalized spacial score (nSPS) is 10.4. The number of carboxylic acid groups (broad SMARTS) is 1. The second-order valence-corrected chi connectivity index (χ2v) is 3.78. The fourth-order valence-corrected chi connectivity index (χ4v) is 1.66. The average Bonchev–Trinajstić information content (AvgIpc) is 2.69. The quantitative estimate of drug-likeness (QED) is 0.866. The standard InChI is InChI=1S/C12H13N3O2/c1-9-11(12(16)17)8-14-15(9)6-4-10-3-2-5-13-7-10/h2-3,5,7-8H,4,6H2,1H3,(H,16,17). The van der Waals surface area contributed by atoms with Gasteiger partial charge in [-0.05, 0) is 25.0 Å². The Hall–Kier alpha value is -2.17. The number of nitrogens with zero attached hydrogens (tertiary/aromatic N) is 3. The minimum atomic E-state index is -0.935. The summed E-state index contributed by atoms with van der Waals surface area (Å²) in [4.78, 5) is 14.9. The van der Waals surface area contributed by atoms with E-state index >= 15 is 0 Å². The third-order valence-electron chi connectivity index (χ3n) is 2.67. The lowest BCUT2D eigenvalue weighted by Crippen LogP contribution is -2.07. The third kappa shape index (κ3) is 2.50. The number of hydrogen-bond acceptors (Lipinski definition) is 3.